The molecule has 0 bridgehead atoms. The number of benzene rings is 3. The average Bonchev–Trinajstić information content (AvgIpc) is 3.48. The average molecular weight is 514 g/mol. The van der Waals surface area contributed by atoms with Crippen LogP contribution in [0, 0.1) is 0 Å². The van der Waals surface area contributed by atoms with Crippen LogP contribution in [0.2, 0.25) is 15.1 Å². The number of fused-ring (bicyclic) bond motifs is 1. The van der Waals surface area contributed by atoms with Crippen LogP contribution in [0.1, 0.15) is 10.6 Å². The van der Waals surface area contributed by atoms with Crippen LogP contribution >= 0.6 is 34.8 Å². The maximum absolute atomic E-state index is 12.7. The Morgan fingerprint density at radius 2 is 1.74 bits per heavy atom. The van der Waals surface area contributed by atoms with Crippen molar-refractivity contribution in [2.24, 2.45) is 0 Å². The number of anilines is 1. The lowest BCUT2D eigenvalue weighted by atomic mass is 10.2. The topological polar surface area (TPSA) is 82.2 Å². The highest BCUT2D eigenvalue weighted by molar-refractivity contribution is 6.35. The predicted octanol–water partition coefficient (Wildman–Crippen LogP) is 6.90. The summed E-state index contributed by atoms with van der Waals surface area (Å²) < 4.78 is 10.9. The quantitative estimate of drug-likeness (QED) is 0.276. The van der Waals surface area contributed by atoms with Crippen LogP contribution < -0.4 is 10.1 Å². The van der Waals surface area contributed by atoms with Crippen molar-refractivity contribution in [2.45, 2.75) is 0 Å². The van der Waals surface area contributed by atoms with Crippen LogP contribution in [-0.4, -0.2) is 28.0 Å². The van der Waals surface area contributed by atoms with Gasteiger partial charge < -0.3 is 14.5 Å². The first kappa shape index (κ1) is 22.3. The maximum atomic E-state index is 12.7. The number of aromatic nitrogens is 3. The zero-order valence-corrected chi connectivity index (χ0v) is 19.8. The number of methoxy groups -OCH3 is 1. The number of carbonyl (C=O) groups is 1. The Morgan fingerprint density at radius 1 is 0.912 bits per heavy atom. The number of hydrogen-bond acceptors (Lipinski definition) is 5. The van der Waals surface area contributed by atoms with Gasteiger partial charge in [0.25, 0.3) is 5.91 Å². The lowest BCUT2D eigenvalue weighted by Crippen LogP contribution is -2.10. The molecule has 0 spiro atoms. The number of nitrogens with zero attached hydrogens (tertiary/aromatic N) is 3. The molecule has 34 heavy (non-hydrogen) atoms. The van der Waals surface area contributed by atoms with Gasteiger partial charge in [0.2, 0.25) is 0 Å². The van der Waals surface area contributed by atoms with Crippen LogP contribution in [0.3, 0.4) is 0 Å². The van der Waals surface area contributed by atoms with Gasteiger partial charge in [-0.25, -0.2) is 0 Å². The molecule has 10 heteroatoms. The number of hydrogen-bond donors (Lipinski definition) is 1. The van der Waals surface area contributed by atoms with E-state index in [-0.39, 0.29) is 5.76 Å². The normalized spacial score (nSPS) is 11.1. The number of ether oxygens (including phenoxy) is 1. The van der Waals surface area contributed by atoms with Crippen molar-refractivity contribution in [2.75, 3.05) is 12.4 Å². The second kappa shape index (κ2) is 9.02. The van der Waals surface area contributed by atoms with E-state index in [0.29, 0.717) is 54.5 Å². The lowest BCUT2D eigenvalue weighted by molar-refractivity contribution is 0.0997. The monoisotopic (exact) mass is 512 g/mol. The predicted molar refractivity (Wildman–Crippen MR) is 133 cm³/mol. The van der Waals surface area contributed by atoms with E-state index in [9.17, 15) is 4.79 Å². The number of amides is 1. The molecule has 2 heterocycles. The van der Waals surface area contributed by atoms with Gasteiger partial charge in [0.1, 0.15) is 22.5 Å². The molecule has 0 atom stereocenters. The zero-order chi connectivity index (χ0) is 23.8. The second-order valence-corrected chi connectivity index (χ2v) is 8.50. The highest BCUT2D eigenvalue weighted by Gasteiger charge is 2.16. The van der Waals surface area contributed by atoms with E-state index >= 15 is 0 Å². The molecule has 0 aliphatic carbocycles. The van der Waals surface area contributed by atoms with Crippen molar-refractivity contribution >= 4 is 57.4 Å². The molecular weight excluding hydrogens is 499 g/mol. The van der Waals surface area contributed by atoms with Crippen molar-refractivity contribution in [1.29, 1.82) is 0 Å². The van der Waals surface area contributed by atoms with Crippen LogP contribution in [0.25, 0.3) is 28.0 Å². The fourth-order valence-corrected chi connectivity index (χ4v) is 4.01. The van der Waals surface area contributed by atoms with Gasteiger partial charge in [-0.05, 0) is 66.7 Å². The summed E-state index contributed by atoms with van der Waals surface area (Å²) in [6.45, 7) is 0. The van der Waals surface area contributed by atoms with Crippen molar-refractivity contribution in [3.63, 3.8) is 0 Å². The van der Waals surface area contributed by atoms with Crippen LogP contribution in [-0.2, 0) is 0 Å². The molecule has 0 saturated heterocycles. The fraction of sp³-hybridized carbons (Fsp3) is 0.0417. The lowest BCUT2D eigenvalue weighted by Gasteiger charge is -2.04. The Balaban J connectivity index is 1.37. The van der Waals surface area contributed by atoms with Crippen molar-refractivity contribution < 1.29 is 13.9 Å². The zero-order valence-electron chi connectivity index (χ0n) is 17.6. The highest BCUT2D eigenvalue weighted by Crippen LogP contribution is 2.32. The van der Waals surface area contributed by atoms with Gasteiger partial charge in [-0.1, -0.05) is 34.8 Å². The molecule has 1 amide bonds. The van der Waals surface area contributed by atoms with E-state index in [0.717, 1.165) is 0 Å². The van der Waals surface area contributed by atoms with E-state index in [4.69, 9.17) is 44.0 Å². The molecule has 0 aliphatic heterocycles. The third kappa shape index (κ3) is 4.33. The summed E-state index contributed by atoms with van der Waals surface area (Å²) in [5, 5.41) is 13.2. The van der Waals surface area contributed by atoms with Crippen molar-refractivity contribution in [3.05, 3.63) is 87.6 Å². The van der Waals surface area contributed by atoms with Gasteiger partial charge in [-0.15, -0.1) is 10.2 Å². The molecule has 170 valence electrons. The molecule has 5 rings (SSSR count). The Kier molecular flexibility index (Phi) is 5.91. The summed E-state index contributed by atoms with van der Waals surface area (Å²) in [4.78, 5) is 14.2. The first-order valence-electron chi connectivity index (χ1n) is 9.99. The van der Waals surface area contributed by atoms with Crippen LogP contribution in [0.5, 0.6) is 5.75 Å². The molecule has 2 aromatic heterocycles. The number of furan rings is 1. The number of nitrogens with one attached hydrogen (secondary N) is 1. The van der Waals surface area contributed by atoms with Crippen LogP contribution in [0.4, 0.5) is 5.69 Å². The molecule has 5 aromatic rings. The largest absolute Gasteiger partial charge is 0.495 e. The minimum Gasteiger partial charge on any atom is -0.495 e. The summed E-state index contributed by atoms with van der Waals surface area (Å²) in [5.41, 5.74) is 3.06. The molecular formula is C24H15Cl3N4O3. The Morgan fingerprint density at radius 3 is 2.53 bits per heavy atom. The summed E-state index contributed by atoms with van der Waals surface area (Å²) in [5.74, 6) is 0.709. The van der Waals surface area contributed by atoms with Crippen molar-refractivity contribution in [3.8, 4) is 22.8 Å². The third-order valence-electron chi connectivity index (χ3n) is 5.03. The van der Waals surface area contributed by atoms with Gasteiger partial charge in [0.05, 0.1) is 22.8 Å². The van der Waals surface area contributed by atoms with Gasteiger partial charge in [-0.2, -0.15) is 4.80 Å². The number of rotatable bonds is 5. The minimum atomic E-state index is -0.418. The minimum absolute atomic E-state index is 0.127. The van der Waals surface area contributed by atoms with Gasteiger partial charge in [0.15, 0.2) is 5.76 Å². The third-order valence-corrected chi connectivity index (χ3v) is 5.89. The molecule has 7 nitrogen and oxygen atoms in total. The van der Waals surface area contributed by atoms with E-state index in [1.54, 1.807) is 73.8 Å². The summed E-state index contributed by atoms with van der Waals surface area (Å²) in [6, 6.07) is 18.7. The first-order valence-corrected chi connectivity index (χ1v) is 11.1. The smallest absolute Gasteiger partial charge is 0.291 e. The molecule has 0 aliphatic rings. The SMILES string of the molecule is COc1ccc(-n2nc3ccc(NC(=O)c4ccc(-c5cc(Cl)ccc5Cl)o4)cc3n2)cc1Cl. The maximum Gasteiger partial charge on any atom is 0.291 e. The Labute approximate surface area is 208 Å². The molecule has 1 N–H and O–H groups in total. The molecule has 0 saturated carbocycles. The van der Waals surface area contributed by atoms with E-state index in [2.05, 4.69) is 15.5 Å². The number of halogens is 3. The molecule has 0 radical (unpaired) electrons. The fourth-order valence-electron chi connectivity index (χ4n) is 3.37. The van der Waals surface area contributed by atoms with Gasteiger partial charge in [0, 0.05) is 16.3 Å². The van der Waals surface area contributed by atoms with E-state index in [1.165, 1.54) is 4.80 Å². The second-order valence-electron chi connectivity index (χ2n) is 7.25. The summed E-state index contributed by atoms with van der Waals surface area (Å²) >= 11 is 18.5. The number of carbonyl (C=O) groups excluding carboxylic acids is 1. The first-order chi connectivity index (χ1) is 16.4. The molecule has 0 unspecified atom stereocenters. The van der Waals surface area contributed by atoms with Gasteiger partial charge >= 0.3 is 0 Å². The summed E-state index contributed by atoms with van der Waals surface area (Å²) in [7, 11) is 1.55. The van der Waals surface area contributed by atoms with E-state index < -0.39 is 5.91 Å². The molecule has 0 fully saturated rings. The molecule has 3 aromatic carbocycles. The van der Waals surface area contributed by atoms with Crippen molar-refractivity contribution in [1.82, 2.24) is 15.0 Å². The van der Waals surface area contributed by atoms with Crippen LogP contribution in [0.15, 0.2) is 71.1 Å². The van der Waals surface area contributed by atoms with Gasteiger partial charge in [-0.3, -0.25) is 4.79 Å². The Bertz CT molecular complexity index is 1540. The highest BCUT2D eigenvalue weighted by atomic mass is 35.5. The standard InChI is InChI=1S/C24H15Cl3N4O3/c1-33-22-7-4-15(12-18(22)27)31-29-19-6-3-14(11-20(19)30-31)28-24(32)23-9-8-21(34-23)16-10-13(25)2-5-17(16)26/h2-12H,1H3,(H,28,32). The Hall–Kier alpha value is -3.52. The summed E-state index contributed by atoms with van der Waals surface area (Å²) in [6.07, 6.45) is 0. The van der Waals surface area contributed by atoms with E-state index in [1.807, 2.05) is 0 Å².